The Morgan fingerprint density at radius 2 is 1.67 bits per heavy atom. The molecular formula is C13H29NO. The molecule has 0 saturated heterocycles. The van der Waals surface area contributed by atoms with Gasteiger partial charge in [-0.15, -0.1) is 0 Å². The third-order valence-corrected chi connectivity index (χ3v) is 2.63. The van der Waals surface area contributed by atoms with Gasteiger partial charge in [0.05, 0.1) is 12.2 Å². The molecule has 0 saturated carbocycles. The van der Waals surface area contributed by atoms with Crippen LogP contribution in [0, 0.1) is 0 Å². The zero-order chi connectivity index (χ0) is 11.7. The molecule has 0 aliphatic rings. The van der Waals surface area contributed by atoms with Gasteiger partial charge in [-0.3, -0.25) is 0 Å². The van der Waals surface area contributed by atoms with Gasteiger partial charge in [-0.05, 0) is 33.6 Å². The summed E-state index contributed by atoms with van der Waals surface area (Å²) in [5, 5.41) is 0. The van der Waals surface area contributed by atoms with E-state index in [2.05, 4.69) is 20.8 Å². The van der Waals surface area contributed by atoms with Gasteiger partial charge in [0, 0.05) is 6.04 Å². The molecule has 0 aromatic heterocycles. The van der Waals surface area contributed by atoms with E-state index in [0.717, 1.165) is 6.42 Å². The number of unbranched alkanes of at least 4 members (excludes halogenated alkanes) is 3. The molecule has 0 bridgehead atoms. The van der Waals surface area contributed by atoms with Gasteiger partial charge in [0.1, 0.15) is 0 Å². The van der Waals surface area contributed by atoms with E-state index in [-0.39, 0.29) is 6.04 Å². The molecule has 0 aliphatic heterocycles. The van der Waals surface area contributed by atoms with Gasteiger partial charge < -0.3 is 10.5 Å². The third kappa shape index (κ3) is 10.2. The first-order chi connectivity index (χ1) is 7.06. The Kier molecular flexibility index (Phi) is 9.12. The molecule has 0 aromatic rings. The van der Waals surface area contributed by atoms with Crippen molar-refractivity contribution in [1.82, 2.24) is 0 Å². The molecule has 0 rings (SSSR count). The summed E-state index contributed by atoms with van der Waals surface area (Å²) in [5.41, 5.74) is 5.73. The van der Waals surface area contributed by atoms with Gasteiger partial charge in [0.25, 0.3) is 0 Å². The van der Waals surface area contributed by atoms with Gasteiger partial charge >= 0.3 is 0 Å². The second-order valence-electron chi connectivity index (χ2n) is 4.82. The molecule has 92 valence electrons. The first-order valence-corrected chi connectivity index (χ1v) is 6.47. The summed E-state index contributed by atoms with van der Waals surface area (Å²) < 4.78 is 5.86. The van der Waals surface area contributed by atoms with Crippen LogP contribution in [0.5, 0.6) is 0 Å². The Bertz CT molecular complexity index is 136. The lowest BCUT2D eigenvalue weighted by atomic mass is 10.1. The molecule has 2 nitrogen and oxygen atoms in total. The quantitative estimate of drug-likeness (QED) is 0.598. The van der Waals surface area contributed by atoms with Gasteiger partial charge in [0.2, 0.25) is 0 Å². The Balaban J connectivity index is 3.42. The van der Waals surface area contributed by atoms with Crippen LogP contribution in [-0.2, 0) is 4.74 Å². The first kappa shape index (κ1) is 14.9. The lowest BCUT2D eigenvalue weighted by molar-refractivity contribution is -0.00343. The van der Waals surface area contributed by atoms with Crippen LogP contribution < -0.4 is 5.73 Å². The van der Waals surface area contributed by atoms with Crippen molar-refractivity contribution in [3.05, 3.63) is 0 Å². The van der Waals surface area contributed by atoms with E-state index in [1.165, 1.54) is 32.1 Å². The van der Waals surface area contributed by atoms with Crippen LogP contribution in [-0.4, -0.2) is 18.2 Å². The van der Waals surface area contributed by atoms with Crippen molar-refractivity contribution in [2.75, 3.05) is 0 Å². The van der Waals surface area contributed by atoms with E-state index >= 15 is 0 Å². The molecule has 3 atom stereocenters. The zero-order valence-corrected chi connectivity index (χ0v) is 11.0. The molecule has 0 fully saturated rings. The molecule has 2 N–H and O–H groups in total. The van der Waals surface area contributed by atoms with Gasteiger partial charge in [0.15, 0.2) is 0 Å². The van der Waals surface area contributed by atoms with E-state index in [0.29, 0.717) is 12.2 Å². The highest BCUT2D eigenvalue weighted by atomic mass is 16.5. The van der Waals surface area contributed by atoms with E-state index < -0.39 is 0 Å². The molecule has 0 heterocycles. The third-order valence-electron chi connectivity index (χ3n) is 2.63. The number of ether oxygens (including phenoxy) is 1. The fourth-order valence-electron chi connectivity index (χ4n) is 1.90. The number of nitrogens with two attached hydrogens (primary N) is 1. The molecule has 15 heavy (non-hydrogen) atoms. The van der Waals surface area contributed by atoms with Crippen molar-refractivity contribution in [3.63, 3.8) is 0 Å². The number of hydrogen-bond donors (Lipinski definition) is 1. The second-order valence-corrected chi connectivity index (χ2v) is 4.82. The van der Waals surface area contributed by atoms with Crippen LogP contribution in [0.1, 0.15) is 66.2 Å². The van der Waals surface area contributed by atoms with Crippen LogP contribution in [0.15, 0.2) is 0 Å². The summed E-state index contributed by atoms with van der Waals surface area (Å²) in [6.45, 7) is 8.56. The average molecular weight is 215 g/mol. The molecule has 0 aliphatic carbocycles. The molecule has 3 unspecified atom stereocenters. The van der Waals surface area contributed by atoms with E-state index in [1.807, 2.05) is 6.92 Å². The summed E-state index contributed by atoms with van der Waals surface area (Å²) in [4.78, 5) is 0. The molecule has 0 aromatic carbocycles. The van der Waals surface area contributed by atoms with Crippen LogP contribution in [0.4, 0.5) is 0 Å². The minimum Gasteiger partial charge on any atom is -0.376 e. The highest BCUT2D eigenvalue weighted by Gasteiger charge is 2.09. The van der Waals surface area contributed by atoms with Gasteiger partial charge in [-0.1, -0.05) is 32.6 Å². The Morgan fingerprint density at radius 3 is 2.20 bits per heavy atom. The predicted molar refractivity (Wildman–Crippen MR) is 67.0 cm³/mol. The van der Waals surface area contributed by atoms with Crippen molar-refractivity contribution in [3.8, 4) is 0 Å². The topological polar surface area (TPSA) is 35.2 Å². The maximum Gasteiger partial charge on any atom is 0.0565 e. The Hall–Kier alpha value is -0.0800. The van der Waals surface area contributed by atoms with Crippen LogP contribution in [0.25, 0.3) is 0 Å². The summed E-state index contributed by atoms with van der Waals surface area (Å²) in [7, 11) is 0. The molecular weight excluding hydrogens is 186 g/mol. The van der Waals surface area contributed by atoms with Crippen molar-refractivity contribution in [2.24, 2.45) is 5.73 Å². The first-order valence-electron chi connectivity index (χ1n) is 6.47. The van der Waals surface area contributed by atoms with E-state index in [9.17, 15) is 0 Å². The summed E-state index contributed by atoms with van der Waals surface area (Å²) in [6, 6.07) is 0.243. The second kappa shape index (κ2) is 9.17. The summed E-state index contributed by atoms with van der Waals surface area (Å²) in [6.07, 6.45) is 8.11. The summed E-state index contributed by atoms with van der Waals surface area (Å²) >= 11 is 0. The molecule has 0 radical (unpaired) electrons. The number of hydrogen-bond acceptors (Lipinski definition) is 2. The lowest BCUT2D eigenvalue weighted by Gasteiger charge is -2.20. The average Bonchev–Trinajstić information content (AvgIpc) is 2.10. The van der Waals surface area contributed by atoms with Crippen molar-refractivity contribution in [2.45, 2.75) is 84.5 Å². The molecule has 0 spiro atoms. The lowest BCUT2D eigenvalue weighted by Crippen LogP contribution is -2.25. The molecule has 2 heteroatoms. The minimum absolute atomic E-state index is 0.243. The van der Waals surface area contributed by atoms with Gasteiger partial charge in [-0.25, -0.2) is 0 Å². The minimum atomic E-state index is 0.243. The number of rotatable bonds is 9. The van der Waals surface area contributed by atoms with Crippen LogP contribution in [0.3, 0.4) is 0 Å². The monoisotopic (exact) mass is 215 g/mol. The standard InChI is InChI=1S/C13H29NO/c1-5-6-7-8-9-12(3)15-13(4)10-11(2)14/h11-13H,5-10,14H2,1-4H3. The Morgan fingerprint density at radius 1 is 1.00 bits per heavy atom. The van der Waals surface area contributed by atoms with Crippen LogP contribution in [0.2, 0.25) is 0 Å². The summed E-state index contributed by atoms with van der Waals surface area (Å²) in [5.74, 6) is 0. The van der Waals surface area contributed by atoms with Crippen LogP contribution >= 0.6 is 0 Å². The smallest absolute Gasteiger partial charge is 0.0565 e. The van der Waals surface area contributed by atoms with Crippen molar-refractivity contribution in [1.29, 1.82) is 0 Å². The molecule has 0 amide bonds. The zero-order valence-electron chi connectivity index (χ0n) is 11.0. The largest absolute Gasteiger partial charge is 0.376 e. The fraction of sp³-hybridized carbons (Fsp3) is 1.00. The maximum atomic E-state index is 5.86. The fourth-order valence-corrected chi connectivity index (χ4v) is 1.90. The predicted octanol–water partition coefficient (Wildman–Crippen LogP) is 3.49. The normalized spacial score (nSPS) is 17.4. The highest BCUT2D eigenvalue weighted by Crippen LogP contribution is 2.11. The van der Waals surface area contributed by atoms with Gasteiger partial charge in [-0.2, -0.15) is 0 Å². The highest BCUT2D eigenvalue weighted by molar-refractivity contribution is 4.62. The Labute approximate surface area is 95.6 Å². The van der Waals surface area contributed by atoms with Crippen molar-refractivity contribution >= 4 is 0 Å². The van der Waals surface area contributed by atoms with Crippen molar-refractivity contribution < 1.29 is 4.74 Å². The van der Waals surface area contributed by atoms with E-state index in [1.54, 1.807) is 0 Å². The SMILES string of the molecule is CCCCCCC(C)OC(C)CC(C)N. The van der Waals surface area contributed by atoms with E-state index in [4.69, 9.17) is 10.5 Å². The maximum absolute atomic E-state index is 5.86.